The standard InChI is InChI=1S/C14H29NO3/c1-11-5-3-4-6-14(11)18-10-13(17)9-15-12(2)7-8-16/h11-17H,3-10H2,1-2H3. The molecule has 1 saturated carbocycles. The van der Waals surface area contributed by atoms with Crippen molar-refractivity contribution in [2.75, 3.05) is 19.8 Å². The lowest BCUT2D eigenvalue weighted by Crippen LogP contribution is -2.38. The second-order valence-electron chi connectivity index (χ2n) is 5.61. The molecule has 4 nitrogen and oxygen atoms in total. The molecule has 4 heteroatoms. The Morgan fingerprint density at radius 3 is 2.72 bits per heavy atom. The summed E-state index contributed by atoms with van der Waals surface area (Å²) in [5.41, 5.74) is 0. The van der Waals surface area contributed by atoms with Crippen LogP contribution >= 0.6 is 0 Å². The predicted molar refractivity (Wildman–Crippen MR) is 72.5 cm³/mol. The quantitative estimate of drug-likeness (QED) is 0.615. The third-order valence-corrected chi connectivity index (χ3v) is 3.80. The highest BCUT2D eigenvalue weighted by molar-refractivity contribution is 4.73. The highest BCUT2D eigenvalue weighted by Gasteiger charge is 2.22. The number of rotatable bonds is 8. The summed E-state index contributed by atoms with van der Waals surface area (Å²) in [5.74, 6) is 0.618. The summed E-state index contributed by atoms with van der Waals surface area (Å²) in [6, 6.07) is 0.234. The third-order valence-electron chi connectivity index (χ3n) is 3.80. The number of nitrogens with one attached hydrogen (secondary N) is 1. The number of hydrogen-bond donors (Lipinski definition) is 3. The van der Waals surface area contributed by atoms with E-state index in [9.17, 15) is 5.11 Å². The zero-order valence-corrected chi connectivity index (χ0v) is 11.8. The molecule has 0 aromatic heterocycles. The molecule has 0 aromatic carbocycles. The van der Waals surface area contributed by atoms with Gasteiger partial charge in [0.05, 0.1) is 18.8 Å². The van der Waals surface area contributed by atoms with Crippen molar-refractivity contribution in [3.8, 4) is 0 Å². The van der Waals surface area contributed by atoms with Crippen LogP contribution in [-0.2, 0) is 4.74 Å². The zero-order chi connectivity index (χ0) is 13.4. The van der Waals surface area contributed by atoms with Crippen molar-refractivity contribution in [2.45, 2.75) is 64.2 Å². The molecule has 3 N–H and O–H groups in total. The van der Waals surface area contributed by atoms with Gasteiger partial charge in [-0.25, -0.2) is 0 Å². The second kappa shape index (κ2) is 8.86. The molecule has 0 spiro atoms. The number of aliphatic hydroxyl groups excluding tert-OH is 2. The van der Waals surface area contributed by atoms with E-state index in [2.05, 4.69) is 12.2 Å². The highest BCUT2D eigenvalue weighted by atomic mass is 16.5. The van der Waals surface area contributed by atoms with Crippen LogP contribution in [0.25, 0.3) is 0 Å². The minimum atomic E-state index is -0.458. The van der Waals surface area contributed by atoms with Gasteiger partial charge in [-0.1, -0.05) is 19.8 Å². The zero-order valence-electron chi connectivity index (χ0n) is 11.8. The smallest absolute Gasteiger partial charge is 0.0897 e. The molecule has 18 heavy (non-hydrogen) atoms. The van der Waals surface area contributed by atoms with Crippen LogP contribution in [-0.4, -0.2) is 48.2 Å². The van der Waals surface area contributed by atoms with Crippen molar-refractivity contribution in [3.05, 3.63) is 0 Å². The van der Waals surface area contributed by atoms with Crippen LogP contribution in [0.15, 0.2) is 0 Å². The van der Waals surface area contributed by atoms with Crippen molar-refractivity contribution in [1.29, 1.82) is 0 Å². The minimum Gasteiger partial charge on any atom is -0.396 e. The van der Waals surface area contributed by atoms with E-state index in [4.69, 9.17) is 9.84 Å². The van der Waals surface area contributed by atoms with E-state index in [0.29, 0.717) is 31.6 Å². The van der Waals surface area contributed by atoms with Crippen molar-refractivity contribution in [2.24, 2.45) is 5.92 Å². The van der Waals surface area contributed by atoms with Gasteiger partial charge in [-0.15, -0.1) is 0 Å². The Morgan fingerprint density at radius 1 is 1.33 bits per heavy atom. The van der Waals surface area contributed by atoms with Gasteiger partial charge in [-0.3, -0.25) is 0 Å². The molecule has 1 rings (SSSR count). The highest BCUT2D eigenvalue weighted by Crippen LogP contribution is 2.26. The van der Waals surface area contributed by atoms with Crippen LogP contribution in [0.1, 0.15) is 46.0 Å². The molecule has 4 atom stereocenters. The summed E-state index contributed by atoms with van der Waals surface area (Å²) < 4.78 is 5.81. The average Bonchev–Trinajstić information content (AvgIpc) is 2.36. The molecule has 4 unspecified atom stereocenters. The van der Waals surface area contributed by atoms with Gasteiger partial charge < -0.3 is 20.3 Å². The topological polar surface area (TPSA) is 61.7 Å². The Bertz CT molecular complexity index is 213. The molecule has 1 fully saturated rings. The van der Waals surface area contributed by atoms with Crippen LogP contribution in [0, 0.1) is 5.92 Å². The monoisotopic (exact) mass is 259 g/mol. The maximum Gasteiger partial charge on any atom is 0.0897 e. The van der Waals surface area contributed by atoms with Crippen molar-refractivity contribution < 1.29 is 14.9 Å². The fourth-order valence-corrected chi connectivity index (χ4v) is 2.46. The van der Waals surface area contributed by atoms with Crippen LogP contribution in [0.4, 0.5) is 0 Å². The molecule has 0 bridgehead atoms. The van der Waals surface area contributed by atoms with Crippen LogP contribution < -0.4 is 5.32 Å². The molecular formula is C14H29NO3. The number of ether oxygens (including phenoxy) is 1. The molecule has 1 aliphatic rings. The maximum atomic E-state index is 9.83. The fourth-order valence-electron chi connectivity index (χ4n) is 2.46. The molecule has 0 aromatic rings. The summed E-state index contributed by atoms with van der Waals surface area (Å²) in [6.45, 7) is 5.36. The Hall–Kier alpha value is -0.160. The number of aliphatic hydroxyl groups is 2. The lowest BCUT2D eigenvalue weighted by Gasteiger charge is -2.29. The van der Waals surface area contributed by atoms with E-state index in [1.54, 1.807) is 0 Å². The Kier molecular flexibility index (Phi) is 7.82. The largest absolute Gasteiger partial charge is 0.396 e. The summed E-state index contributed by atoms with van der Waals surface area (Å²) >= 11 is 0. The van der Waals surface area contributed by atoms with Crippen molar-refractivity contribution in [1.82, 2.24) is 5.32 Å². The van der Waals surface area contributed by atoms with Gasteiger partial charge in [-0.2, -0.15) is 0 Å². The van der Waals surface area contributed by atoms with Gasteiger partial charge in [0.2, 0.25) is 0 Å². The molecule has 0 amide bonds. The summed E-state index contributed by atoms with van der Waals surface area (Å²) in [7, 11) is 0. The van der Waals surface area contributed by atoms with Gasteiger partial charge >= 0.3 is 0 Å². The first-order valence-electron chi connectivity index (χ1n) is 7.27. The van der Waals surface area contributed by atoms with Crippen molar-refractivity contribution in [3.63, 3.8) is 0 Å². The van der Waals surface area contributed by atoms with Crippen LogP contribution in [0.5, 0.6) is 0 Å². The van der Waals surface area contributed by atoms with Crippen LogP contribution in [0.3, 0.4) is 0 Å². The van der Waals surface area contributed by atoms with Crippen LogP contribution in [0.2, 0.25) is 0 Å². The molecular weight excluding hydrogens is 230 g/mol. The molecule has 1 aliphatic carbocycles. The minimum absolute atomic E-state index is 0.181. The average molecular weight is 259 g/mol. The molecule has 0 aliphatic heterocycles. The SMILES string of the molecule is CC(CCO)NCC(O)COC1CCCCC1C. The summed E-state index contributed by atoms with van der Waals surface area (Å²) in [5, 5.41) is 21.8. The summed E-state index contributed by atoms with van der Waals surface area (Å²) in [4.78, 5) is 0. The summed E-state index contributed by atoms with van der Waals surface area (Å²) in [6.07, 6.45) is 5.51. The maximum absolute atomic E-state index is 9.83. The van der Waals surface area contributed by atoms with Gasteiger partial charge in [0.25, 0.3) is 0 Å². The lowest BCUT2D eigenvalue weighted by atomic mass is 9.88. The van der Waals surface area contributed by atoms with E-state index in [-0.39, 0.29) is 12.6 Å². The van der Waals surface area contributed by atoms with E-state index in [0.717, 1.165) is 6.42 Å². The first-order valence-corrected chi connectivity index (χ1v) is 7.27. The third kappa shape index (κ3) is 6.14. The molecule has 0 radical (unpaired) electrons. The van der Waals surface area contributed by atoms with E-state index in [1.807, 2.05) is 6.92 Å². The van der Waals surface area contributed by atoms with Gasteiger partial charge in [-0.05, 0) is 32.1 Å². The van der Waals surface area contributed by atoms with E-state index >= 15 is 0 Å². The molecule has 0 heterocycles. The van der Waals surface area contributed by atoms with Gasteiger partial charge in [0, 0.05) is 19.2 Å². The van der Waals surface area contributed by atoms with E-state index < -0.39 is 6.10 Å². The lowest BCUT2D eigenvalue weighted by molar-refractivity contribution is -0.0456. The Balaban J connectivity index is 2.10. The van der Waals surface area contributed by atoms with Gasteiger partial charge in [0.15, 0.2) is 0 Å². The van der Waals surface area contributed by atoms with Gasteiger partial charge in [0.1, 0.15) is 0 Å². The first kappa shape index (κ1) is 15.9. The normalized spacial score (nSPS) is 28.0. The fraction of sp³-hybridized carbons (Fsp3) is 1.00. The second-order valence-corrected chi connectivity index (χ2v) is 5.61. The molecule has 0 saturated heterocycles. The number of hydrogen-bond acceptors (Lipinski definition) is 4. The van der Waals surface area contributed by atoms with Crippen molar-refractivity contribution >= 4 is 0 Å². The Morgan fingerprint density at radius 2 is 2.06 bits per heavy atom. The predicted octanol–water partition coefficient (Wildman–Crippen LogP) is 1.30. The first-order chi connectivity index (χ1) is 8.63. The Labute approximate surface area is 111 Å². The van der Waals surface area contributed by atoms with E-state index in [1.165, 1.54) is 19.3 Å². The molecule has 108 valence electrons.